The maximum absolute atomic E-state index is 13.2. The zero-order chi connectivity index (χ0) is 22.8. The van der Waals surface area contributed by atoms with E-state index in [4.69, 9.17) is 9.97 Å². The molecule has 172 valence electrons. The van der Waals surface area contributed by atoms with Crippen molar-refractivity contribution in [1.82, 2.24) is 24.6 Å². The van der Waals surface area contributed by atoms with Gasteiger partial charge in [0, 0.05) is 63.6 Å². The van der Waals surface area contributed by atoms with Crippen LogP contribution in [0.3, 0.4) is 0 Å². The van der Waals surface area contributed by atoms with Crippen LogP contribution in [0.15, 0.2) is 42.5 Å². The van der Waals surface area contributed by atoms with Crippen LogP contribution in [0.4, 0.5) is 11.8 Å². The number of rotatable bonds is 4. The summed E-state index contributed by atoms with van der Waals surface area (Å²) in [7, 11) is 1.83. The van der Waals surface area contributed by atoms with Gasteiger partial charge in [0.2, 0.25) is 5.95 Å². The topological polar surface area (TPSA) is 70.4 Å². The van der Waals surface area contributed by atoms with Crippen molar-refractivity contribution >= 4 is 17.7 Å². The number of amides is 1. The zero-order valence-electron chi connectivity index (χ0n) is 19.4. The molecule has 33 heavy (non-hydrogen) atoms. The van der Waals surface area contributed by atoms with Crippen molar-refractivity contribution < 1.29 is 4.79 Å². The molecule has 1 aromatic carbocycles. The lowest BCUT2D eigenvalue weighted by Crippen LogP contribution is -2.49. The minimum atomic E-state index is 0.0194. The van der Waals surface area contributed by atoms with Crippen LogP contribution in [0.2, 0.25) is 0 Å². The Morgan fingerprint density at radius 1 is 0.848 bits per heavy atom. The Bertz CT molecular complexity index is 1110. The first-order valence-electron chi connectivity index (χ1n) is 11.8. The van der Waals surface area contributed by atoms with E-state index in [-0.39, 0.29) is 5.91 Å². The van der Waals surface area contributed by atoms with Crippen molar-refractivity contribution in [3.8, 4) is 11.3 Å². The van der Waals surface area contributed by atoms with Crippen molar-refractivity contribution in [2.75, 3.05) is 49.1 Å². The van der Waals surface area contributed by atoms with Gasteiger partial charge in [-0.25, -0.2) is 4.98 Å². The normalized spacial score (nSPS) is 16.8. The van der Waals surface area contributed by atoms with Crippen LogP contribution < -0.4 is 9.80 Å². The molecule has 2 aliphatic rings. The summed E-state index contributed by atoms with van der Waals surface area (Å²) >= 11 is 0. The second-order valence-corrected chi connectivity index (χ2v) is 8.90. The molecule has 0 bridgehead atoms. The molecule has 0 atom stereocenters. The predicted octanol–water partition coefficient (Wildman–Crippen LogP) is 3.14. The zero-order valence-corrected chi connectivity index (χ0v) is 19.4. The lowest BCUT2D eigenvalue weighted by Gasteiger charge is -2.35. The lowest BCUT2D eigenvalue weighted by molar-refractivity contribution is 0.0735. The molecule has 0 spiro atoms. The van der Waals surface area contributed by atoms with Gasteiger partial charge in [-0.1, -0.05) is 30.3 Å². The largest absolute Gasteiger partial charge is 0.356 e. The Morgan fingerprint density at radius 3 is 2.30 bits per heavy atom. The summed E-state index contributed by atoms with van der Waals surface area (Å²) in [4.78, 5) is 29.3. The molecular formula is C25H31N7O. The Hall–Kier alpha value is -3.42. The minimum absolute atomic E-state index is 0.0194. The third kappa shape index (κ3) is 4.55. The highest BCUT2D eigenvalue weighted by Gasteiger charge is 2.26. The van der Waals surface area contributed by atoms with E-state index in [1.165, 1.54) is 19.3 Å². The first kappa shape index (κ1) is 21.4. The van der Waals surface area contributed by atoms with Gasteiger partial charge in [-0.05, 0) is 32.3 Å². The summed E-state index contributed by atoms with van der Waals surface area (Å²) in [6, 6.07) is 13.9. The number of aromatic nitrogens is 4. The summed E-state index contributed by atoms with van der Waals surface area (Å²) in [6.07, 6.45) is 3.74. The molecule has 5 rings (SSSR count). The Balaban J connectivity index is 1.26. The predicted molar refractivity (Wildman–Crippen MR) is 130 cm³/mol. The van der Waals surface area contributed by atoms with E-state index >= 15 is 0 Å². The summed E-state index contributed by atoms with van der Waals surface area (Å²) < 4.78 is 1.69. The Labute approximate surface area is 194 Å². The number of carbonyl (C=O) groups is 1. The number of piperazine rings is 1. The second-order valence-electron chi connectivity index (χ2n) is 8.90. The van der Waals surface area contributed by atoms with E-state index in [1.807, 2.05) is 55.3 Å². The monoisotopic (exact) mass is 445 g/mol. The van der Waals surface area contributed by atoms with E-state index in [9.17, 15) is 4.79 Å². The number of piperidine rings is 1. The number of anilines is 2. The van der Waals surface area contributed by atoms with Gasteiger partial charge in [0.25, 0.3) is 5.91 Å². The number of hydrogen-bond donors (Lipinski definition) is 0. The SMILES string of the molecule is Cc1cc(N2CCCCC2)nc(N2CCN(C(=O)c3cc(-c4ccccc4)nn3C)CC2)n1. The van der Waals surface area contributed by atoms with Crippen molar-refractivity contribution in [3.63, 3.8) is 0 Å². The number of aryl methyl sites for hydroxylation is 2. The highest BCUT2D eigenvalue weighted by atomic mass is 16.2. The summed E-state index contributed by atoms with van der Waals surface area (Å²) in [5, 5.41) is 4.56. The molecule has 1 amide bonds. The molecule has 2 aliphatic heterocycles. The lowest BCUT2D eigenvalue weighted by atomic mass is 10.1. The molecule has 3 aromatic rings. The highest BCUT2D eigenvalue weighted by Crippen LogP contribution is 2.23. The third-order valence-electron chi connectivity index (χ3n) is 6.53. The molecular weight excluding hydrogens is 414 g/mol. The van der Waals surface area contributed by atoms with Gasteiger partial charge in [0.1, 0.15) is 11.5 Å². The second kappa shape index (κ2) is 9.21. The van der Waals surface area contributed by atoms with Crippen LogP contribution in [0.1, 0.15) is 35.4 Å². The van der Waals surface area contributed by atoms with Gasteiger partial charge in [-0.15, -0.1) is 0 Å². The summed E-state index contributed by atoms with van der Waals surface area (Å²) in [5.41, 5.74) is 3.43. The van der Waals surface area contributed by atoms with Crippen molar-refractivity contribution in [2.45, 2.75) is 26.2 Å². The minimum Gasteiger partial charge on any atom is -0.356 e. The van der Waals surface area contributed by atoms with Crippen LogP contribution in [-0.2, 0) is 7.05 Å². The highest BCUT2D eigenvalue weighted by molar-refractivity contribution is 5.94. The van der Waals surface area contributed by atoms with Crippen LogP contribution in [0.5, 0.6) is 0 Å². The third-order valence-corrected chi connectivity index (χ3v) is 6.53. The van der Waals surface area contributed by atoms with Gasteiger partial charge >= 0.3 is 0 Å². The smallest absolute Gasteiger partial charge is 0.272 e. The average molecular weight is 446 g/mol. The van der Waals surface area contributed by atoms with E-state index in [0.29, 0.717) is 18.8 Å². The molecule has 0 aliphatic carbocycles. The fourth-order valence-corrected chi connectivity index (χ4v) is 4.65. The number of carbonyl (C=O) groups excluding carboxylic acids is 1. The van der Waals surface area contributed by atoms with Gasteiger partial charge in [-0.3, -0.25) is 9.48 Å². The maximum Gasteiger partial charge on any atom is 0.272 e. The summed E-state index contributed by atoms with van der Waals surface area (Å²) in [5.74, 6) is 1.82. The molecule has 4 heterocycles. The van der Waals surface area contributed by atoms with Crippen molar-refractivity contribution in [1.29, 1.82) is 0 Å². The molecule has 0 unspecified atom stereocenters. The molecule has 0 radical (unpaired) electrons. The first-order chi connectivity index (χ1) is 16.1. The van der Waals surface area contributed by atoms with Gasteiger partial charge < -0.3 is 14.7 Å². The number of nitrogens with zero attached hydrogens (tertiary/aromatic N) is 7. The molecule has 8 heteroatoms. The number of benzene rings is 1. The van der Waals surface area contributed by atoms with Crippen molar-refractivity contribution in [3.05, 3.63) is 53.9 Å². The molecule has 0 saturated carbocycles. The Morgan fingerprint density at radius 2 is 1.58 bits per heavy atom. The van der Waals surface area contributed by atoms with Gasteiger partial charge in [0.15, 0.2) is 0 Å². The standard InChI is InChI=1S/C25H31N7O/c1-19-17-23(30-11-7-4-8-12-30)27-25(26-19)32-15-13-31(14-16-32)24(33)22-18-21(28-29(22)2)20-9-5-3-6-10-20/h3,5-6,9-10,17-18H,4,7-8,11-16H2,1-2H3. The van der Waals surface area contributed by atoms with E-state index < -0.39 is 0 Å². The average Bonchev–Trinajstić information content (AvgIpc) is 3.26. The molecule has 2 saturated heterocycles. The van der Waals surface area contributed by atoms with Crippen LogP contribution in [0, 0.1) is 6.92 Å². The maximum atomic E-state index is 13.2. The fraction of sp³-hybridized carbons (Fsp3) is 0.440. The van der Waals surface area contributed by atoms with E-state index in [0.717, 1.165) is 54.9 Å². The van der Waals surface area contributed by atoms with Crippen LogP contribution in [0.25, 0.3) is 11.3 Å². The summed E-state index contributed by atoms with van der Waals surface area (Å²) in [6.45, 7) is 6.88. The molecule has 2 fully saturated rings. The number of hydrogen-bond acceptors (Lipinski definition) is 6. The van der Waals surface area contributed by atoms with Gasteiger partial charge in [0.05, 0.1) is 5.69 Å². The van der Waals surface area contributed by atoms with Crippen LogP contribution in [-0.4, -0.2) is 69.8 Å². The van der Waals surface area contributed by atoms with E-state index in [2.05, 4.69) is 21.0 Å². The van der Waals surface area contributed by atoms with Gasteiger partial charge in [-0.2, -0.15) is 10.1 Å². The Kier molecular flexibility index (Phi) is 5.98. The quantitative estimate of drug-likeness (QED) is 0.615. The molecule has 8 nitrogen and oxygen atoms in total. The van der Waals surface area contributed by atoms with Crippen molar-refractivity contribution in [2.24, 2.45) is 7.05 Å². The molecule has 2 aromatic heterocycles. The van der Waals surface area contributed by atoms with Crippen LogP contribution >= 0.6 is 0 Å². The fourth-order valence-electron chi connectivity index (χ4n) is 4.65. The van der Waals surface area contributed by atoms with E-state index in [1.54, 1.807) is 4.68 Å². The molecule has 0 N–H and O–H groups in total. The first-order valence-corrected chi connectivity index (χ1v) is 11.8.